The van der Waals surface area contributed by atoms with Gasteiger partial charge in [0.15, 0.2) is 0 Å². The molecule has 7 nitrogen and oxygen atoms in total. The van der Waals surface area contributed by atoms with E-state index in [1.54, 1.807) is 16.4 Å². The van der Waals surface area contributed by atoms with E-state index in [1.807, 2.05) is 37.3 Å². The van der Waals surface area contributed by atoms with E-state index >= 15 is 0 Å². The summed E-state index contributed by atoms with van der Waals surface area (Å²) >= 11 is 0. The summed E-state index contributed by atoms with van der Waals surface area (Å²) in [6.45, 7) is 2.97. The first-order valence-electron chi connectivity index (χ1n) is 9.58. The highest BCUT2D eigenvalue weighted by molar-refractivity contribution is 5.89. The Bertz CT molecular complexity index is 820. The Balaban J connectivity index is 1.54. The molecule has 7 heteroatoms. The number of amides is 2. The lowest BCUT2D eigenvalue weighted by molar-refractivity contribution is 0.0572. The van der Waals surface area contributed by atoms with Crippen LogP contribution in [-0.2, 0) is 11.8 Å². The minimum absolute atomic E-state index is 0.249. The number of para-hydroxylation sites is 1. The molecule has 27 heavy (non-hydrogen) atoms. The fraction of sp³-hybridized carbons (Fsp3) is 0.500. The van der Waals surface area contributed by atoms with Gasteiger partial charge in [-0.1, -0.05) is 31.0 Å². The first-order valence-corrected chi connectivity index (χ1v) is 9.58. The standard InChI is InChI=1S/C20H28N4O3/c1-15-18(19(25)24(23(15)2)16-9-4-3-5-10-16)22-20(26)21-13-8-14-27-17-11-6-7-12-17/h3-5,9-10,17H,6-8,11-14H2,1-2H3,(H2,21,22,26). The van der Waals surface area contributed by atoms with Crippen LogP contribution in [0.5, 0.6) is 0 Å². The van der Waals surface area contributed by atoms with Gasteiger partial charge in [0.1, 0.15) is 5.69 Å². The van der Waals surface area contributed by atoms with Crippen LogP contribution in [0.3, 0.4) is 0 Å². The Hall–Kier alpha value is -2.54. The fourth-order valence-corrected chi connectivity index (χ4v) is 3.45. The lowest BCUT2D eigenvalue weighted by Gasteiger charge is -2.11. The van der Waals surface area contributed by atoms with Crippen molar-refractivity contribution in [3.8, 4) is 5.69 Å². The molecule has 2 amide bonds. The highest BCUT2D eigenvalue weighted by atomic mass is 16.5. The second-order valence-electron chi connectivity index (χ2n) is 6.95. The van der Waals surface area contributed by atoms with Gasteiger partial charge in [-0.15, -0.1) is 0 Å². The van der Waals surface area contributed by atoms with E-state index in [2.05, 4.69) is 10.6 Å². The quantitative estimate of drug-likeness (QED) is 0.734. The third kappa shape index (κ3) is 4.60. The largest absolute Gasteiger partial charge is 0.378 e. The van der Waals surface area contributed by atoms with Gasteiger partial charge in [0.2, 0.25) is 0 Å². The molecule has 0 unspecified atom stereocenters. The molecule has 1 aliphatic rings. The molecule has 0 radical (unpaired) electrons. The smallest absolute Gasteiger partial charge is 0.319 e. The molecule has 1 saturated carbocycles. The van der Waals surface area contributed by atoms with E-state index < -0.39 is 0 Å². The Morgan fingerprint density at radius 2 is 1.93 bits per heavy atom. The number of urea groups is 1. The maximum Gasteiger partial charge on any atom is 0.319 e. The van der Waals surface area contributed by atoms with E-state index in [0.717, 1.165) is 24.9 Å². The molecule has 0 atom stereocenters. The van der Waals surface area contributed by atoms with Gasteiger partial charge < -0.3 is 15.4 Å². The van der Waals surface area contributed by atoms with Crippen LogP contribution in [0.25, 0.3) is 5.69 Å². The highest BCUT2D eigenvalue weighted by Gasteiger charge is 2.18. The maximum atomic E-state index is 12.7. The molecule has 3 rings (SSSR count). The molecule has 0 spiro atoms. The zero-order valence-corrected chi connectivity index (χ0v) is 16.0. The van der Waals surface area contributed by atoms with Gasteiger partial charge in [0.05, 0.1) is 17.5 Å². The molecule has 1 heterocycles. The number of hydrogen-bond acceptors (Lipinski definition) is 3. The van der Waals surface area contributed by atoms with Gasteiger partial charge in [-0.2, -0.15) is 0 Å². The van der Waals surface area contributed by atoms with Crippen LogP contribution in [-0.4, -0.2) is 34.7 Å². The Morgan fingerprint density at radius 1 is 1.22 bits per heavy atom. The predicted octanol–water partition coefficient (Wildman–Crippen LogP) is 2.96. The van der Waals surface area contributed by atoms with Crippen molar-refractivity contribution in [3.05, 3.63) is 46.4 Å². The van der Waals surface area contributed by atoms with Crippen LogP contribution in [0.2, 0.25) is 0 Å². The van der Waals surface area contributed by atoms with Gasteiger partial charge in [0, 0.05) is 20.2 Å². The van der Waals surface area contributed by atoms with Gasteiger partial charge in [-0.05, 0) is 38.3 Å². The third-order valence-corrected chi connectivity index (χ3v) is 5.06. The molecule has 1 aromatic carbocycles. The van der Waals surface area contributed by atoms with E-state index in [9.17, 15) is 9.59 Å². The molecule has 2 N–H and O–H groups in total. The van der Waals surface area contributed by atoms with Gasteiger partial charge >= 0.3 is 6.03 Å². The Kier molecular flexibility index (Phi) is 6.34. The fourth-order valence-electron chi connectivity index (χ4n) is 3.45. The number of nitrogens with one attached hydrogen (secondary N) is 2. The number of hydrogen-bond donors (Lipinski definition) is 2. The summed E-state index contributed by atoms with van der Waals surface area (Å²) in [5.41, 5.74) is 1.50. The average molecular weight is 372 g/mol. The summed E-state index contributed by atoms with van der Waals surface area (Å²) in [5.74, 6) is 0. The number of benzene rings is 1. The topological polar surface area (TPSA) is 77.3 Å². The summed E-state index contributed by atoms with van der Waals surface area (Å²) in [6.07, 6.45) is 5.95. The summed E-state index contributed by atoms with van der Waals surface area (Å²) in [7, 11) is 1.80. The lowest BCUT2D eigenvalue weighted by atomic mass is 10.3. The lowest BCUT2D eigenvalue weighted by Crippen LogP contribution is -2.32. The van der Waals surface area contributed by atoms with Gasteiger partial charge in [0.25, 0.3) is 5.56 Å². The minimum atomic E-state index is -0.373. The SMILES string of the molecule is Cc1c(NC(=O)NCCCOC2CCCC2)c(=O)n(-c2ccccc2)n1C. The van der Waals surface area contributed by atoms with Crippen LogP contribution < -0.4 is 16.2 Å². The Morgan fingerprint density at radius 3 is 2.63 bits per heavy atom. The third-order valence-electron chi connectivity index (χ3n) is 5.06. The monoisotopic (exact) mass is 372 g/mol. The summed E-state index contributed by atoms with van der Waals surface area (Å²) in [4.78, 5) is 24.9. The number of anilines is 1. The number of ether oxygens (including phenoxy) is 1. The zero-order valence-electron chi connectivity index (χ0n) is 16.0. The van der Waals surface area contributed by atoms with Gasteiger partial charge in [-0.3, -0.25) is 9.48 Å². The first-order chi connectivity index (χ1) is 13.1. The van der Waals surface area contributed by atoms with Crippen LogP contribution in [0, 0.1) is 6.92 Å². The zero-order chi connectivity index (χ0) is 19.2. The molecule has 146 valence electrons. The van der Waals surface area contributed by atoms with Crippen molar-refractivity contribution < 1.29 is 9.53 Å². The number of carbonyl (C=O) groups excluding carboxylic acids is 1. The summed E-state index contributed by atoms with van der Waals surface area (Å²) < 4.78 is 9.06. The van der Waals surface area contributed by atoms with Crippen LogP contribution in [0.15, 0.2) is 35.1 Å². The number of rotatable bonds is 7. The van der Waals surface area contributed by atoms with Crippen molar-refractivity contribution in [1.82, 2.24) is 14.7 Å². The maximum absolute atomic E-state index is 12.7. The highest BCUT2D eigenvalue weighted by Crippen LogP contribution is 2.20. The van der Waals surface area contributed by atoms with Crippen molar-refractivity contribution in [2.45, 2.75) is 45.1 Å². The van der Waals surface area contributed by atoms with E-state index in [4.69, 9.17) is 4.74 Å². The Labute approximate surface area is 159 Å². The van der Waals surface area contributed by atoms with Crippen molar-refractivity contribution in [2.75, 3.05) is 18.5 Å². The average Bonchev–Trinajstić information content (AvgIpc) is 3.25. The summed E-state index contributed by atoms with van der Waals surface area (Å²) in [5, 5.41) is 5.49. The van der Waals surface area contributed by atoms with E-state index in [-0.39, 0.29) is 11.6 Å². The van der Waals surface area contributed by atoms with Crippen LogP contribution >= 0.6 is 0 Å². The van der Waals surface area contributed by atoms with Crippen molar-refractivity contribution in [3.63, 3.8) is 0 Å². The molecule has 0 bridgehead atoms. The molecule has 0 aliphatic heterocycles. The molecule has 0 saturated heterocycles. The van der Waals surface area contributed by atoms with E-state index in [0.29, 0.717) is 30.6 Å². The molecular formula is C20H28N4O3. The van der Waals surface area contributed by atoms with Gasteiger partial charge in [-0.25, -0.2) is 9.48 Å². The second-order valence-corrected chi connectivity index (χ2v) is 6.95. The molecule has 1 aliphatic carbocycles. The predicted molar refractivity (Wildman–Crippen MR) is 106 cm³/mol. The number of nitrogens with zero attached hydrogens (tertiary/aromatic N) is 2. The van der Waals surface area contributed by atoms with Crippen LogP contribution in [0.4, 0.5) is 10.5 Å². The van der Waals surface area contributed by atoms with Crippen LogP contribution in [0.1, 0.15) is 37.8 Å². The molecule has 1 fully saturated rings. The molecule has 1 aromatic heterocycles. The van der Waals surface area contributed by atoms with Crippen molar-refractivity contribution in [1.29, 1.82) is 0 Å². The first kappa shape index (κ1) is 19.2. The second kappa shape index (κ2) is 8.90. The number of carbonyl (C=O) groups is 1. The van der Waals surface area contributed by atoms with E-state index in [1.165, 1.54) is 12.8 Å². The normalized spacial score (nSPS) is 14.4. The van der Waals surface area contributed by atoms with Crippen molar-refractivity contribution >= 4 is 11.7 Å². The summed E-state index contributed by atoms with van der Waals surface area (Å²) in [6, 6.07) is 8.98. The molecule has 2 aromatic rings. The molecular weight excluding hydrogens is 344 g/mol. The minimum Gasteiger partial charge on any atom is -0.378 e. The number of aromatic nitrogens is 2. The van der Waals surface area contributed by atoms with Crippen molar-refractivity contribution in [2.24, 2.45) is 7.05 Å².